The molecule has 2 rings (SSSR count). The molecule has 0 unspecified atom stereocenters. The summed E-state index contributed by atoms with van der Waals surface area (Å²) in [6, 6.07) is 0.483. The second kappa shape index (κ2) is 6.95. The molecule has 0 aliphatic heterocycles. The SMILES string of the molecule is CCc1nc(CC)n(Cc2csc(CNC(C)C)n2)n1. The molecule has 0 saturated heterocycles. The quantitative estimate of drug-likeness (QED) is 0.851. The van der Waals surface area contributed by atoms with Crippen LogP contribution >= 0.6 is 11.3 Å². The van der Waals surface area contributed by atoms with Crippen molar-refractivity contribution in [2.24, 2.45) is 0 Å². The molecule has 0 fully saturated rings. The van der Waals surface area contributed by atoms with Crippen LogP contribution in [0.5, 0.6) is 0 Å². The third kappa shape index (κ3) is 3.86. The van der Waals surface area contributed by atoms with E-state index < -0.39 is 0 Å². The average Bonchev–Trinajstić information content (AvgIpc) is 3.03. The molecule has 0 aliphatic rings. The van der Waals surface area contributed by atoms with E-state index in [0.29, 0.717) is 12.6 Å². The lowest BCUT2D eigenvalue weighted by atomic mass is 10.4. The molecule has 2 aromatic heterocycles. The number of thiazole rings is 1. The van der Waals surface area contributed by atoms with E-state index in [4.69, 9.17) is 0 Å². The van der Waals surface area contributed by atoms with Gasteiger partial charge in [-0.1, -0.05) is 27.7 Å². The van der Waals surface area contributed by atoms with Gasteiger partial charge in [-0.05, 0) is 0 Å². The number of aromatic nitrogens is 4. The van der Waals surface area contributed by atoms with Gasteiger partial charge >= 0.3 is 0 Å². The Morgan fingerprint density at radius 2 is 2.05 bits per heavy atom. The highest BCUT2D eigenvalue weighted by molar-refractivity contribution is 7.09. The first-order chi connectivity index (χ1) is 9.62. The fraction of sp³-hybridized carbons (Fsp3) is 0.643. The van der Waals surface area contributed by atoms with Crippen molar-refractivity contribution in [3.8, 4) is 0 Å². The Morgan fingerprint density at radius 3 is 2.70 bits per heavy atom. The molecule has 0 amide bonds. The second-order valence-corrected chi connectivity index (χ2v) is 6.02. The minimum absolute atomic E-state index is 0.483. The van der Waals surface area contributed by atoms with Crippen LogP contribution in [0.15, 0.2) is 5.38 Å². The van der Waals surface area contributed by atoms with Gasteiger partial charge in [-0.15, -0.1) is 11.3 Å². The van der Waals surface area contributed by atoms with E-state index in [-0.39, 0.29) is 0 Å². The van der Waals surface area contributed by atoms with Crippen LogP contribution in [0.4, 0.5) is 0 Å². The van der Waals surface area contributed by atoms with Crippen molar-refractivity contribution in [2.45, 2.75) is 59.7 Å². The van der Waals surface area contributed by atoms with E-state index >= 15 is 0 Å². The molecule has 0 bridgehead atoms. The average molecular weight is 293 g/mol. The molecule has 2 aromatic rings. The largest absolute Gasteiger partial charge is 0.308 e. The van der Waals surface area contributed by atoms with Gasteiger partial charge in [-0.3, -0.25) is 0 Å². The van der Waals surface area contributed by atoms with Gasteiger partial charge in [-0.2, -0.15) is 5.10 Å². The van der Waals surface area contributed by atoms with Gasteiger partial charge in [0.25, 0.3) is 0 Å². The standard InChI is InChI=1S/C14H23N5S/c1-5-12-17-13(6-2)19(18-12)8-11-9-20-14(16-11)7-15-10(3)4/h9-10,15H,5-8H2,1-4H3. The van der Waals surface area contributed by atoms with Gasteiger partial charge in [0.1, 0.15) is 10.8 Å². The Bertz CT molecular complexity index is 544. The number of hydrogen-bond acceptors (Lipinski definition) is 5. The molecular formula is C14H23N5S. The highest BCUT2D eigenvalue weighted by atomic mass is 32.1. The highest BCUT2D eigenvalue weighted by Crippen LogP contribution is 2.12. The Morgan fingerprint density at radius 1 is 1.25 bits per heavy atom. The summed E-state index contributed by atoms with van der Waals surface area (Å²) in [6.45, 7) is 10.0. The maximum absolute atomic E-state index is 4.66. The first-order valence-electron chi connectivity index (χ1n) is 7.21. The predicted molar refractivity (Wildman–Crippen MR) is 82.0 cm³/mol. The van der Waals surface area contributed by atoms with E-state index in [9.17, 15) is 0 Å². The van der Waals surface area contributed by atoms with Gasteiger partial charge in [0.2, 0.25) is 0 Å². The van der Waals surface area contributed by atoms with Crippen molar-refractivity contribution >= 4 is 11.3 Å². The lowest BCUT2D eigenvalue weighted by molar-refractivity contribution is 0.583. The topological polar surface area (TPSA) is 55.6 Å². The predicted octanol–water partition coefficient (Wildman–Crippen LogP) is 2.41. The normalized spacial score (nSPS) is 11.4. The summed E-state index contributed by atoms with van der Waals surface area (Å²) in [7, 11) is 0. The van der Waals surface area contributed by atoms with Crippen molar-refractivity contribution in [3.63, 3.8) is 0 Å². The van der Waals surface area contributed by atoms with Crippen LogP contribution in [0, 0.1) is 0 Å². The number of hydrogen-bond donors (Lipinski definition) is 1. The van der Waals surface area contributed by atoms with Crippen LogP contribution in [-0.2, 0) is 25.9 Å². The zero-order valence-corrected chi connectivity index (χ0v) is 13.5. The van der Waals surface area contributed by atoms with Gasteiger partial charge in [-0.25, -0.2) is 14.6 Å². The summed E-state index contributed by atoms with van der Waals surface area (Å²) >= 11 is 1.70. The van der Waals surface area contributed by atoms with Crippen LogP contribution < -0.4 is 5.32 Å². The zero-order valence-electron chi connectivity index (χ0n) is 12.7. The van der Waals surface area contributed by atoms with Crippen molar-refractivity contribution in [2.75, 3.05) is 0 Å². The van der Waals surface area contributed by atoms with E-state index in [1.54, 1.807) is 11.3 Å². The molecule has 6 heteroatoms. The molecule has 0 aliphatic carbocycles. The molecule has 5 nitrogen and oxygen atoms in total. The Hall–Kier alpha value is -1.27. The minimum Gasteiger partial charge on any atom is -0.308 e. The van der Waals surface area contributed by atoms with Crippen LogP contribution in [-0.4, -0.2) is 25.8 Å². The summed E-state index contributed by atoms with van der Waals surface area (Å²) < 4.78 is 1.98. The van der Waals surface area contributed by atoms with Gasteiger partial charge in [0, 0.05) is 30.8 Å². The van der Waals surface area contributed by atoms with Crippen molar-refractivity contribution in [3.05, 3.63) is 27.7 Å². The fourth-order valence-electron chi connectivity index (χ4n) is 1.91. The molecule has 0 saturated carbocycles. The Balaban J connectivity index is 2.04. The summed E-state index contributed by atoms with van der Waals surface area (Å²) in [4.78, 5) is 9.18. The molecule has 0 spiro atoms. The summed E-state index contributed by atoms with van der Waals surface area (Å²) in [5.41, 5.74) is 1.07. The Kier molecular flexibility index (Phi) is 5.25. The van der Waals surface area contributed by atoms with Gasteiger partial charge in [0.15, 0.2) is 5.82 Å². The summed E-state index contributed by atoms with van der Waals surface area (Å²) in [6.07, 6.45) is 1.78. The molecule has 110 valence electrons. The van der Waals surface area contributed by atoms with E-state index in [1.165, 1.54) is 0 Å². The third-order valence-electron chi connectivity index (χ3n) is 3.00. The van der Waals surface area contributed by atoms with E-state index in [1.807, 2.05) is 4.68 Å². The molecule has 20 heavy (non-hydrogen) atoms. The lowest BCUT2D eigenvalue weighted by Gasteiger charge is -2.04. The molecule has 0 aromatic carbocycles. The van der Waals surface area contributed by atoms with Crippen LogP contribution in [0.3, 0.4) is 0 Å². The number of aryl methyl sites for hydroxylation is 2. The molecule has 2 heterocycles. The first-order valence-corrected chi connectivity index (χ1v) is 8.09. The molecule has 0 radical (unpaired) electrons. The van der Waals surface area contributed by atoms with Crippen LogP contribution in [0.2, 0.25) is 0 Å². The smallest absolute Gasteiger partial charge is 0.150 e. The van der Waals surface area contributed by atoms with Crippen molar-refractivity contribution < 1.29 is 0 Å². The van der Waals surface area contributed by atoms with Crippen molar-refractivity contribution in [1.29, 1.82) is 0 Å². The monoisotopic (exact) mass is 293 g/mol. The van der Waals surface area contributed by atoms with Crippen LogP contribution in [0.25, 0.3) is 0 Å². The summed E-state index contributed by atoms with van der Waals surface area (Å²) in [5, 5.41) is 11.2. The lowest BCUT2D eigenvalue weighted by Crippen LogP contribution is -2.21. The van der Waals surface area contributed by atoms with Crippen molar-refractivity contribution in [1.82, 2.24) is 25.1 Å². The maximum atomic E-state index is 4.66. The van der Waals surface area contributed by atoms with Crippen LogP contribution in [0.1, 0.15) is 50.0 Å². The van der Waals surface area contributed by atoms with Gasteiger partial charge in [0.05, 0.1) is 12.2 Å². The fourth-order valence-corrected chi connectivity index (χ4v) is 2.65. The third-order valence-corrected chi connectivity index (χ3v) is 3.89. The summed E-state index contributed by atoms with van der Waals surface area (Å²) in [5.74, 6) is 1.95. The number of rotatable bonds is 7. The second-order valence-electron chi connectivity index (χ2n) is 5.08. The van der Waals surface area contributed by atoms with E-state index in [2.05, 4.69) is 53.5 Å². The van der Waals surface area contributed by atoms with E-state index in [0.717, 1.165) is 41.7 Å². The highest BCUT2D eigenvalue weighted by Gasteiger charge is 2.10. The zero-order chi connectivity index (χ0) is 14.5. The number of nitrogens with zero attached hydrogens (tertiary/aromatic N) is 4. The first kappa shape index (κ1) is 15.1. The molecule has 0 atom stereocenters. The van der Waals surface area contributed by atoms with Gasteiger partial charge < -0.3 is 5.32 Å². The Labute approximate surface area is 124 Å². The number of nitrogens with one attached hydrogen (secondary N) is 1. The molecular weight excluding hydrogens is 270 g/mol. The minimum atomic E-state index is 0.483. The molecule has 1 N–H and O–H groups in total. The maximum Gasteiger partial charge on any atom is 0.150 e.